The summed E-state index contributed by atoms with van der Waals surface area (Å²) in [6.07, 6.45) is 1.60. The highest BCUT2D eigenvalue weighted by molar-refractivity contribution is 7.45. The number of aromatic hydroxyl groups is 1. The van der Waals surface area contributed by atoms with Crippen LogP contribution in [0.5, 0.6) is 17.2 Å². The molecule has 0 saturated heterocycles. The zero-order chi connectivity index (χ0) is 23.8. The molecule has 0 amide bonds. The highest BCUT2D eigenvalue weighted by Crippen LogP contribution is 2.38. The van der Waals surface area contributed by atoms with E-state index in [2.05, 4.69) is 10.1 Å². The maximum absolute atomic E-state index is 12.6. The number of halogens is 1. The van der Waals surface area contributed by atoms with Crippen molar-refractivity contribution in [2.45, 2.75) is 33.0 Å². The zero-order valence-electron chi connectivity index (χ0n) is 18.2. The zero-order valence-corrected chi connectivity index (χ0v) is 19.8. The molecule has 0 bridgehead atoms. The molecule has 2 unspecified atom stereocenters. The van der Waals surface area contributed by atoms with Crippen molar-refractivity contribution in [2.24, 2.45) is 5.73 Å². The first-order valence-corrected chi connectivity index (χ1v) is 11.7. The summed E-state index contributed by atoms with van der Waals surface area (Å²) in [5, 5.41) is 13.8. The third-order valence-electron chi connectivity index (χ3n) is 4.59. The number of pyridine rings is 1. The Kier molecular flexibility index (Phi) is 9.00. The molecule has 33 heavy (non-hydrogen) atoms. The molecule has 0 aliphatic heterocycles. The van der Waals surface area contributed by atoms with Gasteiger partial charge in [-0.05, 0) is 50.2 Å². The van der Waals surface area contributed by atoms with E-state index in [1.54, 1.807) is 56.4 Å². The van der Waals surface area contributed by atoms with Gasteiger partial charge in [-0.3, -0.25) is 4.98 Å². The van der Waals surface area contributed by atoms with E-state index in [9.17, 15) is 9.90 Å². The summed E-state index contributed by atoms with van der Waals surface area (Å²) in [6, 6.07) is 14.8. The Labute approximate surface area is 198 Å². The Balaban J connectivity index is 1.70. The Morgan fingerprint density at radius 1 is 1.18 bits per heavy atom. The fourth-order valence-electron chi connectivity index (χ4n) is 2.75. The van der Waals surface area contributed by atoms with Crippen LogP contribution < -0.4 is 20.1 Å². The minimum Gasteiger partial charge on any atom is -0.506 e. The van der Waals surface area contributed by atoms with Crippen LogP contribution in [0.3, 0.4) is 0 Å². The third kappa shape index (κ3) is 7.12. The first kappa shape index (κ1) is 24.9. The van der Waals surface area contributed by atoms with Gasteiger partial charge in [0.05, 0.1) is 12.3 Å². The fourth-order valence-corrected chi connectivity index (χ4v) is 4.05. The molecule has 8 nitrogen and oxygen atoms in total. The van der Waals surface area contributed by atoms with Crippen LogP contribution in [0.2, 0.25) is 5.02 Å². The maximum Gasteiger partial charge on any atom is 0.328 e. The van der Waals surface area contributed by atoms with Crippen molar-refractivity contribution in [1.29, 1.82) is 0 Å². The summed E-state index contributed by atoms with van der Waals surface area (Å²) in [4.78, 5) is 16.7. The Bertz CT molecular complexity index is 1070. The maximum atomic E-state index is 12.6. The van der Waals surface area contributed by atoms with E-state index in [1.807, 2.05) is 18.2 Å². The Morgan fingerprint density at radius 3 is 2.55 bits per heavy atom. The van der Waals surface area contributed by atoms with Crippen LogP contribution in [0.15, 0.2) is 60.8 Å². The van der Waals surface area contributed by atoms with E-state index >= 15 is 0 Å². The summed E-state index contributed by atoms with van der Waals surface area (Å²) in [5.41, 5.74) is 7.46. The van der Waals surface area contributed by atoms with Gasteiger partial charge in [-0.15, -0.1) is 0 Å². The standard InChI is InChI=1S/C23H25ClN3O5P/c1-15-22(28)21(12-25)17(13-26-15)14-30-33(32-20-6-4-3-5-7-20)27-16(2)23(29)31-19-10-8-18(24)9-11-19/h3-11,13,16,27-28H,12,14,25H2,1-2H3. The molecule has 174 valence electrons. The summed E-state index contributed by atoms with van der Waals surface area (Å²) >= 11 is 5.87. The number of nitrogens with one attached hydrogen (secondary N) is 1. The predicted octanol–water partition coefficient (Wildman–Crippen LogP) is 4.61. The number of hydrogen-bond acceptors (Lipinski definition) is 8. The quantitative estimate of drug-likeness (QED) is 0.215. The van der Waals surface area contributed by atoms with Gasteiger partial charge in [0.15, 0.2) is 0 Å². The number of carbonyl (C=O) groups excluding carboxylic acids is 1. The number of aryl methyl sites for hydroxylation is 1. The van der Waals surface area contributed by atoms with Crippen molar-refractivity contribution in [3.05, 3.63) is 82.6 Å². The van der Waals surface area contributed by atoms with Gasteiger partial charge >= 0.3 is 14.5 Å². The number of esters is 1. The summed E-state index contributed by atoms with van der Waals surface area (Å²) in [5.74, 6) is 0.474. The van der Waals surface area contributed by atoms with E-state index < -0.39 is 20.5 Å². The van der Waals surface area contributed by atoms with Crippen molar-refractivity contribution in [3.63, 3.8) is 0 Å². The SMILES string of the molecule is Cc1ncc(COP(NC(C)C(=O)Oc2ccc(Cl)cc2)Oc2ccccc2)c(CN)c1O. The second kappa shape index (κ2) is 11.9. The molecule has 1 heterocycles. The molecule has 3 rings (SSSR count). The Hall–Kier alpha value is -2.74. The lowest BCUT2D eigenvalue weighted by atomic mass is 10.1. The number of carbonyl (C=O) groups is 1. The summed E-state index contributed by atoms with van der Waals surface area (Å²) in [6.45, 7) is 3.54. The monoisotopic (exact) mass is 489 g/mol. The molecule has 0 saturated carbocycles. The van der Waals surface area contributed by atoms with Crippen LogP contribution in [0.1, 0.15) is 23.7 Å². The average Bonchev–Trinajstić information content (AvgIpc) is 2.81. The van der Waals surface area contributed by atoms with Crippen LogP contribution in [-0.2, 0) is 22.5 Å². The highest BCUT2D eigenvalue weighted by atomic mass is 35.5. The number of aromatic nitrogens is 1. The van der Waals surface area contributed by atoms with Gasteiger partial charge in [-0.2, -0.15) is 0 Å². The summed E-state index contributed by atoms with van der Waals surface area (Å²) in [7, 11) is -1.77. The van der Waals surface area contributed by atoms with Gasteiger partial charge in [0.1, 0.15) is 23.3 Å². The minimum absolute atomic E-state index is 0.0415. The first-order valence-electron chi connectivity index (χ1n) is 10.1. The van der Waals surface area contributed by atoms with Crippen LogP contribution in [0.4, 0.5) is 0 Å². The van der Waals surface area contributed by atoms with Crippen molar-refractivity contribution >= 4 is 26.1 Å². The van der Waals surface area contributed by atoms with E-state index in [0.29, 0.717) is 33.3 Å². The highest BCUT2D eigenvalue weighted by Gasteiger charge is 2.24. The second-order valence-electron chi connectivity index (χ2n) is 7.06. The molecule has 2 atom stereocenters. The number of rotatable bonds is 10. The number of hydrogen-bond donors (Lipinski definition) is 3. The van der Waals surface area contributed by atoms with Gasteiger partial charge in [0.2, 0.25) is 0 Å². The fraction of sp³-hybridized carbons (Fsp3) is 0.217. The predicted molar refractivity (Wildman–Crippen MR) is 127 cm³/mol. The molecule has 0 aliphatic carbocycles. The molecule has 2 aromatic carbocycles. The lowest BCUT2D eigenvalue weighted by Crippen LogP contribution is -2.35. The van der Waals surface area contributed by atoms with Crippen LogP contribution >= 0.6 is 20.1 Å². The van der Waals surface area contributed by atoms with Crippen LogP contribution in [-0.4, -0.2) is 22.1 Å². The second-order valence-corrected chi connectivity index (χ2v) is 8.71. The molecule has 0 spiro atoms. The average molecular weight is 490 g/mol. The smallest absolute Gasteiger partial charge is 0.328 e. The molecule has 0 fully saturated rings. The number of ether oxygens (including phenoxy) is 1. The van der Waals surface area contributed by atoms with Crippen molar-refractivity contribution in [1.82, 2.24) is 10.1 Å². The lowest BCUT2D eigenvalue weighted by molar-refractivity contribution is -0.135. The summed E-state index contributed by atoms with van der Waals surface area (Å²) < 4.78 is 17.3. The van der Waals surface area contributed by atoms with Gasteiger partial charge in [0, 0.05) is 28.9 Å². The molecule has 4 N–H and O–H groups in total. The number of nitrogens with two attached hydrogens (primary N) is 1. The van der Waals surface area contributed by atoms with E-state index in [1.165, 1.54) is 0 Å². The van der Waals surface area contributed by atoms with Crippen molar-refractivity contribution in [2.75, 3.05) is 0 Å². The molecule has 0 aliphatic rings. The molecule has 0 radical (unpaired) electrons. The lowest BCUT2D eigenvalue weighted by Gasteiger charge is -2.22. The van der Waals surface area contributed by atoms with Gasteiger partial charge in [-0.25, -0.2) is 9.88 Å². The normalized spacial score (nSPS) is 12.7. The Morgan fingerprint density at radius 2 is 1.88 bits per heavy atom. The van der Waals surface area contributed by atoms with Crippen molar-refractivity contribution < 1.29 is 23.7 Å². The topological polar surface area (TPSA) is 116 Å². The van der Waals surface area contributed by atoms with Crippen LogP contribution in [0, 0.1) is 6.92 Å². The molecular weight excluding hydrogens is 465 g/mol. The van der Waals surface area contributed by atoms with E-state index in [4.69, 9.17) is 31.1 Å². The molecule has 3 aromatic rings. The van der Waals surface area contributed by atoms with Crippen molar-refractivity contribution in [3.8, 4) is 17.2 Å². The van der Waals surface area contributed by atoms with Crippen LogP contribution in [0.25, 0.3) is 0 Å². The van der Waals surface area contributed by atoms with Gasteiger partial charge in [0.25, 0.3) is 0 Å². The van der Waals surface area contributed by atoms with E-state index in [-0.39, 0.29) is 18.9 Å². The molecule has 10 heteroatoms. The molecule has 1 aromatic heterocycles. The number of benzene rings is 2. The molecular formula is C23H25ClN3O5P. The largest absolute Gasteiger partial charge is 0.506 e. The minimum atomic E-state index is -1.77. The number of nitrogens with zero attached hydrogens (tertiary/aromatic N) is 1. The third-order valence-corrected chi connectivity index (χ3v) is 6.18. The van der Waals surface area contributed by atoms with Gasteiger partial charge in [-0.1, -0.05) is 29.8 Å². The first-order chi connectivity index (χ1) is 15.9. The number of para-hydroxylation sites is 1. The van der Waals surface area contributed by atoms with Gasteiger partial charge < -0.3 is 24.6 Å². The van der Waals surface area contributed by atoms with E-state index in [0.717, 1.165) is 0 Å².